The summed E-state index contributed by atoms with van der Waals surface area (Å²) in [6, 6.07) is 0. The van der Waals surface area contributed by atoms with Gasteiger partial charge in [0.2, 0.25) is 0 Å². The molecule has 0 radical (unpaired) electrons. The Morgan fingerprint density at radius 2 is 2.40 bits per heavy atom. The average Bonchev–Trinajstić information content (AvgIpc) is 2.15. The van der Waals surface area contributed by atoms with Crippen molar-refractivity contribution in [2.45, 2.75) is 6.42 Å². The number of aliphatic carboxylic acids is 1. The van der Waals surface area contributed by atoms with Crippen molar-refractivity contribution in [3.05, 3.63) is 5.69 Å². The Balaban J connectivity index is 2.74. The monoisotopic (exact) mass is 143 g/mol. The van der Waals surface area contributed by atoms with E-state index < -0.39 is 5.97 Å². The van der Waals surface area contributed by atoms with Crippen molar-refractivity contribution in [1.29, 1.82) is 0 Å². The summed E-state index contributed by atoms with van der Waals surface area (Å²) < 4.78 is 4.16. The van der Waals surface area contributed by atoms with Crippen LogP contribution < -0.4 is 5.73 Å². The SMILES string of the molecule is Nc1nonc1CC(=O)O. The van der Waals surface area contributed by atoms with Crippen LogP contribution in [0.2, 0.25) is 0 Å². The number of hydrogen-bond acceptors (Lipinski definition) is 5. The molecule has 0 unspecified atom stereocenters. The van der Waals surface area contributed by atoms with Crippen LogP contribution in [0, 0.1) is 0 Å². The van der Waals surface area contributed by atoms with Crippen molar-refractivity contribution in [2.24, 2.45) is 0 Å². The van der Waals surface area contributed by atoms with E-state index in [4.69, 9.17) is 10.8 Å². The fourth-order valence-corrected chi connectivity index (χ4v) is 0.479. The van der Waals surface area contributed by atoms with Crippen LogP contribution in [0.5, 0.6) is 0 Å². The summed E-state index contributed by atoms with van der Waals surface area (Å²) in [5.41, 5.74) is 5.32. The molecule has 0 spiro atoms. The molecule has 6 heteroatoms. The number of nitrogen functional groups attached to an aromatic ring is 1. The number of nitrogens with zero attached hydrogens (tertiary/aromatic N) is 2. The van der Waals surface area contributed by atoms with E-state index in [2.05, 4.69) is 14.9 Å². The highest BCUT2D eigenvalue weighted by atomic mass is 16.6. The topological polar surface area (TPSA) is 102 Å². The van der Waals surface area contributed by atoms with Crippen molar-refractivity contribution in [2.75, 3.05) is 5.73 Å². The normalized spacial score (nSPS) is 9.60. The number of anilines is 1. The van der Waals surface area contributed by atoms with Gasteiger partial charge in [-0.25, -0.2) is 4.63 Å². The van der Waals surface area contributed by atoms with Gasteiger partial charge in [-0.1, -0.05) is 5.16 Å². The summed E-state index contributed by atoms with van der Waals surface area (Å²) in [7, 11) is 0. The standard InChI is InChI=1S/C4H5N3O3/c5-4-2(1-3(8)9)6-10-7-4/h1H2,(H2,5,7)(H,8,9). The molecule has 3 N–H and O–H groups in total. The van der Waals surface area contributed by atoms with Gasteiger partial charge in [-0.15, -0.1) is 0 Å². The third-order valence-electron chi connectivity index (χ3n) is 0.905. The second-order valence-corrected chi connectivity index (χ2v) is 1.67. The Kier molecular flexibility index (Phi) is 1.53. The van der Waals surface area contributed by atoms with Crippen molar-refractivity contribution in [3.63, 3.8) is 0 Å². The summed E-state index contributed by atoms with van der Waals surface area (Å²) in [5.74, 6) is -0.982. The van der Waals surface area contributed by atoms with E-state index >= 15 is 0 Å². The van der Waals surface area contributed by atoms with Crippen LogP contribution in [0.3, 0.4) is 0 Å². The molecule has 0 aliphatic rings. The van der Waals surface area contributed by atoms with E-state index in [1.165, 1.54) is 0 Å². The van der Waals surface area contributed by atoms with Crippen LogP contribution in [0.15, 0.2) is 4.63 Å². The lowest BCUT2D eigenvalue weighted by atomic mass is 10.3. The van der Waals surface area contributed by atoms with E-state index in [1.807, 2.05) is 0 Å². The summed E-state index contributed by atoms with van der Waals surface area (Å²) in [5, 5.41) is 14.7. The first kappa shape index (κ1) is 6.53. The van der Waals surface area contributed by atoms with Crippen molar-refractivity contribution in [3.8, 4) is 0 Å². The Bertz CT molecular complexity index is 244. The molecule has 1 aromatic heterocycles. The third-order valence-corrected chi connectivity index (χ3v) is 0.905. The first-order valence-electron chi connectivity index (χ1n) is 2.49. The minimum Gasteiger partial charge on any atom is -0.481 e. The number of aromatic nitrogens is 2. The third kappa shape index (κ3) is 1.22. The van der Waals surface area contributed by atoms with Crippen LogP contribution in [-0.4, -0.2) is 21.4 Å². The molecule has 1 aromatic rings. The lowest BCUT2D eigenvalue weighted by Crippen LogP contribution is -2.02. The van der Waals surface area contributed by atoms with Gasteiger partial charge < -0.3 is 10.8 Å². The summed E-state index contributed by atoms with van der Waals surface area (Å²) in [6.07, 6.45) is -0.255. The minimum atomic E-state index is -1.01. The zero-order valence-corrected chi connectivity index (χ0v) is 4.94. The Hall–Kier alpha value is -1.59. The molecule has 0 bridgehead atoms. The number of hydrogen-bond donors (Lipinski definition) is 2. The molecular weight excluding hydrogens is 138 g/mol. The molecule has 10 heavy (non-hydrogen) atoms. The van der Waals surface area contributed by atoms with Crippen LogP contribution in [0.4, 0.5) is 5.82 Å². The second-order valence-electron chi connectivity index (χ2n) is 1.67. The van der Waals surface area contributed by atoms with Crippen LogP contribution in [0.25, 0.3) is 0 Å². The summed E-state index contributed by atoms with van der Waals surface area (Å²) >= 11 is 0. The highest BCUT2D eigenvalue weighted by Crippen LogP contribution is 2.03. The maximum atomic E-state index is 10.1. The number of rotatable bonds is 2. The lowest BCUT2D eigenvalue weighted by Gasteiger charge is -1.85. The van der Waals surface area contributed by atoms with Gasteiger partial charge in [0.25, 0.3) is 0 Å². The van der Waals surface area contributed by atoms with Gasteiger partial charge >= 0.3 is 5.97 Å². The summed E-state index contributed by atoms with van der Waals surface area (Å²) in [4.78, 5) is 10.1. The second kappa shape index (κ2) is 2.34. The molecule has 0 aliphatic carbocycles. The van der Waals surface area contributed by atoms with Crippen LogP contribution in [0.1, 0.15) is 5.69 Å². The number of nitrogens with two attached hydrogens (primary N) is 1. The first-order chi connectivity index (χ1) is 4.70. The molecule has 54 valence electrons. The quantitative estimate of drug-likeness (QED) is 0.566. The van der Waals surface area contributed by atoms with Gasteiger partial charge in [0, 0.05) is 0 Å². The van der Waals surface area contributed by atoms with E-state index in [0.717, 1.165) is 0 Å². The maximum absolute atomic E-state index is 10.1. The zero-order valence-electron chi connectivity index (χ0n) is 4.94. The Labute approximate surface area is 55.6 Å². The maximum Gasteiger partial charge on any atom is 0.309 e. The number of carboxylic acid groups (broad SMARTS) is 1. The van der Waals surface area contributed by atoms with E-state index in [0.29, 0.717) is 0 Å². The van der Waals surface area contributed by atoms with E-state index in [-0.39, 0.29) is 17.9 Å². The highest BCUT2D eigenvalue weighted by Gasteiger charge is 2.09. The van der Waals surface area contributed by atoms with Gasteiger partial charge in [-0.2, -0.15) is 0 Å². The van der Waals surface area contributed by atoms with Gasteiger partial charge in [0.1, 0.15) is 5.69 Å². The van der Waals surface area contributed by atoms with Crippen LogP contribution in [-0.2, 0) is 11.2 Å². The predicted octanol–water partition coefficient (Wildman–Crippen LogP) is -0.721. The molecule has 6 nitrogen and oxygen atoms in total. The fourth-order valence-electron chi connectivity index (χ4n) is 0.479. The Morgan fingerprint density at radius 1 is 1.70 bits per heavy atom. The van der Waals surface area contributed by atoms with Gasteiger partial charge in [-0.3, -0.25) is 4.79 Å². The lowest BCUT2D eigenvalue weighted by molar-refractivity contribution is -0.136. The number of carboxylic acids is 1. The largest absolute Gasteiger partial charge is 0.481 e. The van der Waals surface area contributed by atoms with Crippen LogP contribution >= 0.6 is 0 Å². The summed E-state index contributed by atoms with van der Waals surface area (Å²) in [6.45, 7) is 0. The average molecular weight is 143 g/mol. The molecule has 1 heterocycles. The smallest absolute Gasteiger partial charge is 0.309 e. The van der Waals surface area contributed by atoms with Gasteiger partial charge in [-0.05, 0) is 5.16 Å². The van der Waals surface area contributed by atoms with Crippen molar-refractivity contribution < 1.29 is 14.5 Å². The molecule has 0 atom stereocenters. The molecule has 1 rings (SSSR count). The van der Waals surface area contributed by atoms with Crippen molar-refractivity contribution in [1.82, 2.24) is 10.3 Å². The molecule has 0 amide bonds. The molecule has 0 aliphatic heterocycles. The Morgan fingerprint density at radius 3 is 2.80 bits per heavy atom. The molecule has 0 fully saturated rings. The van der Waals surface area contributed by atoms with Gasteiger partial charge in [0.15, 0.2) is 5.82 Å². The predicted molar refractivity (Wildman–Crippen MR) is 30.1 cm³/mol. The molecule has 0 saturated carbocycles. The zero-order chi connectivity index (χ0) is 7.56. The highest BCUT2D eigenvalue weighted by molar-refractivity contribution is 5.70. The minimum absolute atomic E-state index is 0.0300. The van der Waals surface area contributed by atoms with Crippen molar-refractivity contribution >= 4 is 11.8 Å². The van der Waals surface area contributed by atoms with E-state index in [9.17, 15) is 4.79 Å². The molecular formula is C4H5N3O3. The first-order valence-corrected chi connectivity index (χ1v) is 2.49. The molecule has 0 saturated heterocycles. The number of carbonyl (C=O) groups is 1. The van der Waals surface area contributed by atoms with E-state index in [1.54, 1.807) is 0 Å². The van der Waals surface area contributed by atoms with Gasteiger partial charge in [0.05, 0.1) is 6.42 Å². The molecule has 0 aromatic carbocycles. The fraction of sp³-hybridized carbons (Fsp3) is 0.250.